The summed E-state index contributed by atoms with van der Waals surface area (Å²) in [7, 11) is 3.15. The van der Waals surface area contributed by atoms with E-state index in [9.17, 15) is 9.59 Å². The quantitative estimate of drug-likeness (QED) is 0.609. The van der Waals surface area contributed by atoms with Crippen molar-refractivity contribution in [3.63, 3.8) is 0 Å². The van der Waals surface area contributed by atoms with Crippen molar-refractivity contribution in [2.24, 2.45) is 11.3 Å². The Labute approximate surface area is 142 Å². The van der Waals surface area contributed by atoms with Crippen LogP contribution in [0, 0.1) is 23.2 Å². The van der Waals surface area contributed by atoms with Crippen molar-refractivity contribution < 1.29 is 14.3 Å². The molecule has 0 N–H and O–H groups in total. The Morgan fingerprint density at radius 3 is 2.43 bits per heavy atom. The van der Waals surface area contributed by atoms with Gasteiger partial charge in [0.05, 0.1) is 24.2 Å². The number of rotatable bonds is 5. The first-order valence-electron chi connectivity index (χ1n) is 7.54. The lowest BCUT2D eigenvalue weighted by atomic mass is 9.98. The maximum absolute atomic E-state index is 12.0. The normalized spacial score (nSPS) is 11.0. The molecule has 1 heterocycles. The number of ether oxygens (including phenoxy) is 1. The van der Waals surface area contributed by atoms with Crippen LogP contribution in [-0.4, -0.2) is 32.5 Å². The zero-order valence-corrected chi connectivity index (χ0v) is 15.8. The van der Waals surface area contributed by atoms with Crippen LogP contribution in [-0.2, 0) is 9.53 Å². The fourth-order valence-electron chi connectivity index (χ4n) is 1.72. The molecule has 0 aliphatic heterocycles. The number of esters is 1. The molecule has 1 aromatic rings. The molecule has 0 aromatic carbocycles. The summed E-state index contributed by atoms with van der Waals surface area (Å²) in [6.07, 6.45) is 0. The van der Waals surface area contributed by atoms with Gasteiger partial charge in [-0.15, -0.1) is 11.3 Å². The van der Waals surface area contributed by atoms with Gasteiger partial charge in [0.25, 0.3) is 0 Å². The number of carbonyl (C=O) groups is 2. The Kier molecular flexibility index (Phi) is 6.40. The Bertz CT molecular complexity index is 641. The van der Waals surface area contributed by atoms with Gasteiger partial charge < -0.3 is 9.64 Å². The summed E-state index contributed by atoms with van der Waals surface area (Å²) in [6.45, 7) is 10.1. The number of methoxy groups -OCH3 is 1. The number of ketones is 1. The second kappa shape index (κ2) is 7.65. The highest BCUT2D eigenvalue weighted by Gasteiger charge is 2.21. The molecule has 0 spiro atoms. The lowest BCUT2D eigenvalue weighted by Crippen LogP contribution is -2.29. The maximum Gasteiger partial charge on any atom is 0.350 e. The van der Waals surface area contributed by atoms with Crippen LogP contribution in [0.5, 0.6) is 0 Å². The molecule has 1 rings (SSSR count). The van der Waals surface area contributed by atoms with Crippen molar-refractivity contribution in [2.45, 2.75) is 34.6 Å². The number of nitrogens with zero attached hydrogens (tertiary/aromatic N) is 1. The second-order valence-corrected chi connectivity index (χ2v) is 7.85. The zero-order valence-electron chi connectivity index (χ0n) is 14.9. The summed E-state index contributed by atoms with van der Waals surface area (Å²) < 4.78 is 4.85. The van der Waals surface area contributed by atoms with E-state index in [0.29, 0.717) is 10.6 Å². The van der Waals surface area contributed by atoms with Crippen molar-refractivity contribution in [1.82, 2.24) is 0 Å². The van der Waals surface area contributed by atoms with Crippen molar-refractivity contribution >= 4 is 28.8 Å². The van der Waals surface area contributed by atoms with E-state index in [-0.39, 0.29) is 23.7 Å². The molecule has 23 heavy (non-hydrogen) atoms. The molecule has 0 aliphatic rings. The molecule has 0 saturated carbocycles. The monoisotopic (exact) mass is 335 g/mol. The number of hydrogen-bond donors (Lipinski definition) is 0. The van der Waals surface area contributed by atoms with E-state index in [1.54, 1.807) is 11.9 Å². The van der Waals surface area contributed by atoms with E-state index in [0.717, 1.165) is 4.88 Å². The average Bonchev–Trinajstić information content (AvgIpc) is 2.87. The molecule has 0 fully saturated rings. The highest BCUT2D eigenvalue weighted by atomic mass is 32.1. The molecule has 5 heteroatoms. The predicted molar refractivity (Wildman–Crippen MR) is 95.1 cm³/mol. The van der Waals surface area contributed by atoms with Crippen LogP contribution >= 0.6 is 11.3 Å². The second-order valence-electron chi connectivity index (χ2n) is 6.79. The predicted octanol–water partition coefficient (Wildman–Crippen LogP) is 3.59. The third-order valence-electron chi connectivity index (χ3n) is 3.09. The van der Waals surface area contributed by atoms with Gasteiger partial charge in [-0.25, -0.2) is 4.79 Å². The minimum absolute atomic E-state index is 0.0437. The summed E-state index contributed by atoms with van der Waals surface area (Å²) in [5.74, 6) is 5.93. The van der Waals surface area contributed by atoms with Crippen molar-refractivity contribution in [3.05, 3.63) is 15.8 Å². The van der Waals surface area contributed by atoms with Crippen molar-refractivity contribution in [3.8, 4) is 11.8 Å². The van der Waals surface area contributed by atoms with Gasteiger partial charge in [0.2, 0.25) is 0 Å². The van der Waals surface area contributed by atoms with Crippen LogP contribution in [0.15, 0.2) is 6.07 Å². The number of thiophene rings is 1. The molecule has 0 aliphatic carbocycles. The van der Waals surface area contributed by atoms with Gasteiger partial charge in [-0.2, -0.15) is 0 Å². The Balaban J connectivity index is 3.18. The number of anilines is 1. The first-order chi connectivity index (χ1) is 10.5. The van der Waals surface area contributed by atoms with E-state index in [2.05, 4.69) is 11.8 Å². The molecule has 0 unspecified atom stereocenters. The summed E-state index contributed by atoms with van der Waals surface area (Å²) in [5, 5.41) is 0. The van der Waals surface area contributed by atoms with Crippen LogP contribution in [0.4, 0.5) is 5.69 Å². The SMILES string of the molecule is COC(=O)c1sc(C#CC(C)(C)C)cc1N(C)CC(=O)C(C)C. The largest absolute Gasteiger partial charge is 0.465 e. The molecule has 0 amide bonds. The van der Waals surface area contributed by atoms with E-state index in [1.165, 1.54) is 18.4 Å². The Morgan fingerprint density at radius 1 is 1.35 bits per heavy atom. The van der Waals surface area contributed by atoms with Gasteiger partial charge in [0, 0.05) is 18.4 Å². The minimum Gasteiger partial charge on any atom is -0.465 e. The summed E-state index contributed by atoms with van der Waals surface area (Å²) >= 11 is 1.30. The molecular weight excluding hydrogens is 310 g/mol. The van der Waals surface area contributed by atoms with E-state index >= 15 is 0 Å². The van der Waals surface area contributed by atoms with Crippen LogP contribution in [0.1, 0.15) is 49.2 Å². The minimum atomic E-state index is -0.405. The van der Waals surface area contributed by atoms with Crippen LogP contribution in [0.25, 0.3) is 0 Å². The van der Waals surface area contributed by atoms with Crippen LogP contribution in [0.3, 0.4) is 0 Å². The van der Waals surface area contributed by atoms with Crippen LogP contribution in [0.2, 0.25) is 0 Å². The van der Waals surface area contributed by atoms with E-state index < -0.39 is 5.97 Å². The Hall–Kier alpha value is -1.80. The number of carbonyl (C=O) groups excluding carboxylic acids is 2. The molecule has 0 bridgehead atoms. The lowest BCUT2D eigenvalue weighted by Gasteiger charge is -2.19. The number of likely N-dealkylation sites (N-methyl/N-ethyl adjacent to an activating group) is 1. The van der Waals surface area contributed by atoms with E-state index in [1.807, 2.05) is 40.7 Å². The third-order valence-corrected chi connectivity index (χ3v) is 4.11. The van der Waals surface area contributed by atoms with Gasteiger partial charge in [0.15, 0.2) is 5.78 Å². The topological polar surface area (TPSA) is 46.6 Å². The molecule has 4 nitrogen and oxygen atoms in total. The Morgan fingerprint density at radius 2 is 1.96 bits per heavy atom. The highest BCUT2D eigenvalue weighted by Crippen LogP contribution is 2.30. The van der Waals surface area contributed by atoms with Gasteiger partial charge in [0.1, 0.15) is 4.88 Å². The number of Topliss-reactive ketones (excluding diaryl/α,β-unsaturated/α-hetero) is 1. The average molecular weight is 335 g/mol. The molecule has 0 atom stereocenters. The molecule has 0 saturated heterocycles. The first-order valence-corrected chi connectivity index (χ1v) is 8.36. The standard InChI is InChI=1S/C18H25NO3S/c1-12(2)15(20)11-19(6)14-10-13(8-9-18(3,4)5)23-16(14)17(21)22-7/h10,12H,11H2,1-7H3. The summed E-state index contributed by atoms with van der Waals surface area (Å²) in [6, 6.07) is 1.85. The summed E-state index contributed by atoms with van der Waals surface area (Å²) in [4.78, 5) is 27.0. The third kappa shape index (κ3) is 5.72. The fraction of sp³-hybridized carbons (Fsp3) is 0.556. The molecule has 126 valence electrons. The van der Waals surface area contributed by atoms with Gasteiger partial charge in [-0.05, 0) is 26.8 Å². The molecular formula is C18H25NO3S. The maximum atomic E-state index is 12.0. The van der Waals surface area contributed by atoms with Crippen LogP contribution < -0.4 is 4.90 Å². The number of hydrogen-bond acceptors (Lipinski definition) is 5. The summed E-state index contributed by atoms with van der Waals surface area (Å²) in [5.41, 5.74) is 0.573. The zero-order chi connectivity index (χ0) is 17.8. The van der Waals surface area contributed by atoms with Gasteiger partial charge in [-0.3, -0.25) is 4.79 Å². The van der Waals surface area contributed by atoms with Gasteiger partial charge >= 0.3 is 5.97 Å². The smallest absolute Gasteiger partial charge is 0.350 e. The molecule has 0 radical (unpaired) electrons. The van der Waals surface area contributed by atoms with Gasteiger partial charge in [-0.1, -0.05) is 25.7 Å². The van der Waals surface area contributed by atoms with E-state index in [4.69, 9.17) is 4.74 Å². The highest BCUT2D eigenvalue weighted by molar-refractivity contribution is 7.15. The fourth-order valence-corrected chi connectivity index (χ4v) is 2.69. The van der Waals surface area contributed by atoms with Crippen molar-refractivity contribution in [1.29, 1.82) is 0 Å². The molecule has 1 aromatic heterocycles. The first kappa shape index (κ1) is 19.2. The lowest BCUT2D eigenvalue weighted by molar-refractivity contribution is -0.120. The van der Waals surface area contributed by atoms with Crippen molar-refractivity contribution in [2.75, 3.05) is 25.6 Å².